The van der Waals surface area contributed by atoms with Crippen molar-refractivity contribution in [2.75, 3.05) is 26.8 Å². The SMILES string of the molecule is COc1ccc(C(=O)OCC(=O)N2CCCCC2)c2ccccc12. The molecule has 1 fully saturated rings. The Balaban J connectivity index is 1.73. The van der Waals surface area contributed by atoms with Gasteiger partial charge in [0.2, 0.25) is 0 Å². The van der Waals surface area contributed by atoms with Gasteiger partial charge in [-0.05, 0) is 36.8 Å². The van der Waals surface area contributed by atoms with E-state index in [0.717, 1.165) is 43.1 Å². The zero-order chi connectivity index (χ0) is 16.9. The van der Waals surface area contributed by atoms with Crippen molar-refractivity contribution in [3.05, 3.63) is 42.0 Å². The van der Waals surface area contributed by atoms with E-state index in [2.05, 4.69) is 0 Å². The molecule has 0 saturated carbocycles. The summed E-state index contributed by atoms with van der Waals surface area (Å²) in [5.74, 6) is 0.0895. The molecule has 1 amide bonds. The minimum Gasteiger partial charge on any atom is -0.496 e. The molecule has 1 saturated heterocycles. The van der Waals surface area contributed by atoms with Crippen LogP contribution < -0.4 is 4.74 Å². The van der Waals surface area contributed by atoms with E-state index in [0.29, 0.717) is 11.3 Å². The molecule has 2 aromatic rings. The summed E-state index contributed by atoms with van der Waals surface area (Å²) >= 11 is 0. The van der Waals surface area contributed by atoms with Gasteiger partial charge in [-0.2, -0.15) is 0 Å². The molecule has 0 radical (unpaired) electrons. The van der Waals surface area contributed by atoms with Crippen molar-refractivity contribution < 1.29 is 19.1 Å². The average molecular weight is 327 g/mol. The molecule has 0 bridgehead atoms. The van der Waals surface area contributed by atoms with Crippen LogP contribution in [0.1, 0.15) is 29.6 Å². The maximum absolute atomic E-state index is 12.4. The number of rotatable bonds is 4. The van der Waals surface area contributed by atoms with Crippen molar-refractivity contribution in [3.8, 4) is 5.75 Å². The highest BCUT2D eigenvalue weighted by molar-refractivity contribution is 6.06. The number of carbonyl (C=O) groups excluding carboxylic acids is 2. The molecule has 0 spiro atoms. The minimum atomic E-state index is -0.487. The van der Waals surface area contributed by atoms with Crippen LogP contribution in [0, 0.1) is 0 Å². The zero-order valence-corrected chi connectivity index (χ0v) is 13.8. The average Bonchev–Trinajstić information content (AvgIpc) is 2.65. The van der Waals surface area contributed by atoms with E-state index in [9.17, 15) is 9.59 Å². The summed E-state index contributed by atoms with van der Waals surface area (Å²) in [5.41, 5.74) is 0.442. The first-order chi connectivity index (χ1) is 11.7. The number of piperidine rings is 1. The molecule has 5 nitrogen and oxygen atoms in total. The lowest BCUT2D eigenvalue weighted by Crippen LogP contribution is -2.38. The smallest absolute Gasteiger partial charge is 0.339 e. The lowest BCUT2D eigenvalue weighted by atomic mass is 10.0. The number of esters is 1. The van der Waals surface area contributed by atoms with Crippen LogP contribution in [-0.2, 0) is 9.53 Å². The second-order valence-corrected chi connectivity index (χ2v) is 5.88. The van der Waals surface area contributed by atoms with Crippen molar-refractivity contribution in [2.24, 2.45) is 0 Å². The van der Waals surface area contributed by atoms with Crippen LogP contribution in [0.4, 0.5) is 0 Å². The first-order valence-corrected chi connectivity index (χ1v) is 8.21. The Morgan fingerprint density at radius 2 is 1.71 bits per heavy atom. The van der Waals surface area contributed by atoms with Crippen LogP contribution in [0.25, 0.3) is 10.8 Å². The summed E-state index contributed by atoms with van der Waals surface area (Å²) in [4.78, 5) is 26.3. The van der Waals surface area contributed by atoms with E-state index in [1.54, 1.807) is 24.1 Å². The van der Waals surface area contributed by atoms with Crippen LogP contribution in [0.15, 0.2) is 36.4 Å². The highest BCUT2D eigenvalue weighted by Gasteiger charge is 2.19. The Hall–Kier alpha value is -2.56. The molecule has 0 N–H and O–H groups in total. The molecule has 5 heteroatoms. The molecule has 1 aliphatic heterocycles. The standard InChI is InChI=1S/C19H21NO4/c1-23-17-10-9-16(14-7-3-4-8-15(14)17)19(22)24-13-18(21)20-11-5-2-6-12-20/h3-4,7-10H,2,5-6,11-13H2,1H3. The Bertz CT molecular complexity index is 750. The second-order valence-electron chi connectivity index (χ2n) is 5.88. The molecule has 3 rings (SSSR count). The highest BCUT2D eigenvalue weighted by Crippen LogP contribution is 2.28. The van der Waals surface area contributed by atoms with Gasteiger partial charge in [0.15, 0.2) is 6.61 Å². The molecule has 0 aliphatic carbocycles. The summed E-state index contributed by atoms with van der Waals surface area (Å²) in [5, 5.41) is 1.60. The maximum atomic E-state index is 12.4. The van der Waals surface area contributed by atoms with Gasteiger partial charge in [-0.25, -0.2) is 4.79 Å². The fourth-order valence-corrected chi connectivity index (χ4v) is 3.07. The Kier molecular flexibility index (Phi) is 4.99. The molecule has 126 valence electrons. The van der Waals surface area contributed by atoms with Crippen LogP contribution in [0.3, 0.4) is 0 Å². The number of methoxy groups -OCH3 is 1. The third-order valence-corrected chi connectivity index (χ3v) is 4.36. The molecule has 1 aliphatic rings. The van der Waals surface area contributed by atoms with Gasteiger partial charge < -0.3 is 14.4 Å². The third kappa shape index (κ3) is 3.35. The summed E-state index contributed by atoms with van der Waals surface area (Å²) in [6.45, 7) is 1.29. The summed E-state index contributed by atoms with van der Waals surface area (Å²) in [6, 6.07) is 10.9. The number of nitrogens with zero attached hydrogens (tertiary/aromatic N) is 1. The van der Waals surface area contributed by atoms with E-state index in [-0.39, 0.29) is 12.5 Å². The van der Waals surface area contributed by atoms with Gasteiger partial charge in [-0.1, -0.05) is 24.3 Å². The van der Waals surface area contributed by atoms with Crippen molar-refractivity contribution in [1.29, 1.82) is 0 Å². The Morgan fingerprint density at radius 3 is 2.42 bits per heavy atom. The predicted octanol–water partition coefficient (Wildman–Crippen LogP) is 3.02. The molecular weight excluding hydrogens is 306 g/mol. The number of likely N-dealkylation sites (tertiary alicyclic amines) is 1. The Morgan fingerprint density at radius 1 is 1.00 bits per heavy atom. The van der Waals surface area contributed by atoms with E-state index >= 15 is 0 Å². The summed E-state index contributed by atoms with van der Waals surface area (Å²) in [6.07, 6.45) is 3.19. The van der Waals surface area contributed by atoms with Gasteiger partial charge in [0, 0.05) is 18.5 Å². The summed E-state index contributed by atoms with van der Waals surface area (Å²) in [7, 11) is 1.59. The van der Waals surface area contributed by atoms with Crippen molar-refractivity contribution in [2.45, 2.75) is 19.3 Å². The summed E-state index contributed by atoms with van der Waals surface area (Å²) < 4.78 is 10.6. The monoisotopic (exact) mass is 327 g/mol. The number of carbonyl (C=O) groups is 2. The van der Waals surface area contributed by atoms with Crippen LogP contribution >= 0.6 is 0 Å². The number of benzene rings is 2. The quantitative estimate of drug-likeness (QED) is 0.810. The number of hydrogen-bond donors (Lipinski definition) is 0. The topological polar surface area (TPSA) is 55.8 Å². The first kappa shape index (κ1) is 16.3. The normalized spacial score (nSPS) is 14.5. The fraction of sp³-hybridized carbons (Fsp3) is 0.368. The van der Waals surface area contributed by atoms with Crippen molar-refractivity contribution in [3.63, 3.8) is 0 Å². The van der Waals surface area contributed by atoms with E-state index in [1.807, 2.05) is 24.3 Å². The van der Waals surface area contributed by atoms with E-state index in [4.69, 9.17) is 9.47 Å². The zero-order valence-electron chi connectivity index (χ0n) is 13.8. The van der Waals surface area contributed by atoms with Gasteiger partial charge in [-0.3, -0.25) is 4.79 Å². The number of ether oxygens (including phenoxy) is 2. The number of hydrogen-bond acceptors (Lipinski definition) is 4. The highest BCUT2D eigenvalue weighted by atomic mass is 16.5. The molecule has 1 heterocycles. The molecule has 2 aromatic carbocycles. The molecule has 0 atom stereocenters. The number of fused-ring (bicyclic) bond motifs is 1. The molecule has 24 heavy (non-hydrogen) atoms. The first-order valence-electron chi connectivity index (χ1n) is 8.21. The number of amides is 1. The van der Waals surface area contributed by atoms with Gasteiger partial charge in [0.1, 0.15) is 5.75 Å². The maximum Gasteiger partial charge on any atom is 0.339 e. The van der Waals surface area contributed by atoms with Crippen molar-refractivity contribution in [1.82, 2.24) is 4.90 Å². The predicted molar refractivity (Wildman–Crippen MR) is 91.2 cm³/mol. The fourth-order valence-electron chi connectivity index (χ4n) is 3.07. The minimum absolute atomic E-state index is 0.124. The molecule has 0 aromatic heterocycles. The van der Waals surface area contributed by atoms with E-state index in [1.165, 1.54) is 0 Å². The van der Waals surface area contributed by atoms with Gasteiger partial charge >= 0.3 is 5.97 Å². The van der Waals surface area contributed by atoms with Gasteiger partial charge in [0.05, 0.1) is 12.7 Å². The largest absolute Gasteiger partial charge is 0.496 e. The molecule has 0 unspecified atom stereocenters. The lowest BCUT2D eigenvalue weighted by Gasteiger charge is -2.26. The van der Waals surface area contributed by atoms with Crippen molar-refractivity contribution >= 4 is 22.6 Å². The van der Waals surface area contributed by atoms with E-state index < -0.39 is 5.97 Å². The van der Waals surface area contributed by atoms with Crippen LogP contribution in [-0.4, -0.2) is 43.6 Å². The van der Waals surface area contributed by atoms with Crippen LogP contribution in [0.5, 0.6) is 5.75 Å². The van der Waals surface area contributed by atoms with Crippen LogP contribution in [0.2, 0.25) is 0 Å². The molecular formula is C19H21NO4. The third-order valence-electron chi connectivity index (χ3n) is 4.36. The second kappa shape index (κ2) is 7.34. The van der Waals surface area contributed by atoms with Gasteiger partial charge in [-0.15, -0.1) is 0 Å². The lowest BCUT2D eigenvalue weighted by molar-refractivity contribution is -0.135. The Labute approximate surface area is 141 Å². The van der Waals surface area contributed by atoms with Gasteiger partial charge in [0.25, 0.3) is 5.91 Å².